The van der Waals surface area contributed by atoms with E-state index in [9.17, 15) is 28.3 Å². The summed E-state index contributed by atoms with van der Waals surface area (Å²) in [6.45, 7) is 5.40. The summed E-state index contributed by atoms with van der Waals surface area (Å²) in [5.41, 5.74) is 9.84. The third-order valence-electron chi connectivity index (χ3n) is 20.2. The molecule has 9 aromatic carbocycles. The number of carbonyl (C=O) groups excluding carboxylic acids is 2. The van der Waals surface area contributed by atoms with Crippen molar-refractivity contribution >= 4 is 201 Å². The fraction of sp³-hybridized carbons (Fsp3) is 0.0928. The van der Waals surface area contributed by atoms with E-state index in [4.69, 9.17) is 47.9 Å². The molecule has 10 aromatic heterocycles. The lowest BCUT2D eigenvalue weighted by molar-refractivity contribution is 0.0599. The van der Waals surface area contributed by atoms with E-state index in [0.717, 1.165) is 140 Å². The van der Waals surface area contributed by atoms with Crippen LogP contribution in [0.5, 0.6) is 5.75 Å². The third-order valence-corrected chi connectivity index (χ3v) is 20.8. The second kappa shape index (κ2) is 37.8. The van der Waals surface area contributed by atoms with Crippen LogP contribution in [0.3, 0.4) is 0 Å². The highest BCUT2D eigenvalue weighted by molar-refractivity contribution is 6.31. The number of ether oxygens (including phenoxy) is 2. The minimum Gasteiger partial charge on any atom is -0.497 e. The zero-order valence-electron chi connectivity index (χ0n) is 67.5. The number of benzene rings is 9. The number of ketones is 1. The van der Waals surface area contributed by atoms with Gasteiger partial charge < -0.3 is 46.1 Å². The second-order valence-electron chi connectivity index (χ2n) is 28.6. The number of pyridine rings is 10. The van der Waals surface area contributed by atoms with Gasteiger partial charge in [-0.3, -0.25) is 29.7 Å². The molecule has 0 aliphatic heterocycles. The van der Waals surface area contributed by atoms with Crippen molar-refractivity contribution in [1.29, 1.82) is 5.26 Å². The minimum absolute atomic E-state index is 0.0136. The van der Waals surface area contributed by atoms with Crippen molar-refractivity contribution in [2.45, 2.75) is 20.3 Å². The fourth-order valence-electron chi connectivity index (χ4n) is 14.0. The van der Waals surface area contributed by atoms with E-state index < -0.39 is 23.6 Å². The maximum atomic E-state index is 13.4. The molecular formula is C97H75Cl2F2N17O6. The Kier molecular flexibility index (Phi) is 25.4. The molecule has 19 aromatic rings. The minimum atomic E-state index is -0.984. The van der Waals surface area contributed by atoms with Gasteiger partial charge in [0.05, 0.1) is 74.6 Å². The Bertz CT molecular complexity index is 7380. The lowest BCUT2D eigenvalue weighted by atomic mass is 10.0. The van der Waals surface area contributed by atoms with Gasteiger partial charge in [0.2, 0.25) is 0 Å². The monoisotopic (exact) mass is 1680 g/mol. The summed E-state index contributed by atoms with van der Waals surface area (Å²) in [6.07, 6.45) is 18.7. The molecule has 0 amide bonds. The number of nitrogens with one attached hydrogen (secondary N) is 5. The molecular weight excluding hydrogens is 1610 g/mol. The van der Waals surface area contributed by atoms with Gasteiger partial charge in [-0.1, -0.05) is 96.9 Å². The predicted molar refractivity (Wildman–Crippen MR) is 490 cm³/mol. The molecule has 6 N–H and O–H groups in total. The Morgan fingerprint density at radius 1 is 0.427 bits per heavy atom. The molecule has 0 bridgehead atoms. The van der Waals surface area contributed by atoms with Gasteiger partial charge in [0.25, 0.3) is 0 Å². The number of likely N-dealkylation sites (N-methyl/N-ethyl adjacent to an activating group) is 1. The van der Waals surface area contributed by atoms with Gasteiger partial charge in [0.1, 0.15) is 46.5 Å². The van der Waals surface area contributed by atoms with E-state index in [0.29, 0.717) is 62.1 Å². The maximum absolute atomic E-state index is 13.4. The standard InChI is InChI=1S/C20H13ClFN3O2.C20H13ClFN3O.C20H15N3O3.C20H17N3.C17H17N5/c1-27-20(26)11-2-4-13-15-10-23-7-6-14(15)19(25-18(13)8-11)24-12-3-5-17(22)16(21)9-12;1-11(26)12-2-4-14-16-10-23-7-6-15(16)20(25-19(14)8-12)24-13-3-5-18(22)17(21)9-13;1-26-14-4-2-3-13(10-14)22-19-16-7-8-21-11-17(16)15-6-5-12(20(24)25)9-18(15)23-19;1-2-14-8-9-16-18-13-21-11-10-17(18)20(23-19(16)12-14)22-15-6-4-3-5-7-15;1-22(2)8-7-20-17-14-5-6-19-11-15(14)13-4-3-12(10-18)9-16(13)21-17/h2-10H,1H3,(H,24,25);2-10H,1H3,(H,24,25);2-11H,1H3,(H,22,23)(H,24,25);3-13H,2H2,1H3,(H,22,23);3-6,9,11H,7-8H2,1-2H3,(H,20,21). The van der Waals surface area contributed by atoms with Gasteiger partial charge in [0.15, 0.2) is 5.78 Å². The van der Waals surface area contributed by atoms with Crippen LogP contribution in [0.1, 0.15) is 56.0 Å². The van der Waals surface area contributed by atoms with Crippen LogP contribution in [0.25, 0.3) is 108 Å². The molecule has 23 nitrogen and oxygen atoms in total. The number of carboxylic acid groups (broad SMARTS) is 1. The van der Waals surface area contributed by atoms with Gasteiger partial charge in [-0.05, 0) is 173 Å². The largest absolute Gasteiger partial charge is 0.497 e. The van der Waals surface area contributed by atoms with Crippen molar-refractivity contribution in [3.05, 3.63) is 324 Å². The summed E-state index contributed by atoms with van der Waals surface area (Å²) in [5, 5.41) is 49.2. The Balaban J connectivity index is 0.000000120. The first-order valence-corrected chi connectivity index (χ1v) is 39.7. The molecule has 27 heteroatoms. The van der Waals surface area contributed by atoms with Crippen molar-refractivity contribution < 1.29 is 37.7 Å². The molecule has 10 heterocycles. The summed E-state index contributed by atoms with van der Waals surface area (Å²) < 4.78 is 36.9. The van der Waals surface area contributed by atoms with E-state index in [-0.39, 0.29) is 21.4 Å². The van der Waals surface area contributed by atoms with Crippen molar-refractivity contribution in [3.63, 3.8) is 0 Å². The van der Waals surface area contributed by atoms with Crippen LogP contribution in [0.15, 0.2) is 274 Å². The van der Waals surface area contributed by atoms with E-state index in [1.807, 2.05) is 148 Å². The van der Waals surface area contributed by atoms with Crippen LogP contribution in [0, 0.1) is 23.0 Å². The number of nitriles is 1. The molecule has 19 rings (SSSR count). The van der Waals surface area contributed by atoms with Crippen molar-refractivity contribution in [3.8, 4) is 11.8 Å². The number of hydrogen-bond donors (Lipinski definition) is 6. The number of halogens is 4. The normalized spacial score (nSPS) is 11.0. The number of carbonyl (C=O) groups is 3. The second-order valence-corrected chi connectivity index (χ2v) is 29.4. The number of carboxylic acids is 1. The van der Waals surface area contributed by atoms with Crippen LogP contribution in [-0.2, 0) is 11.2 Å². The number of Topliss-reactive ketones (excluding diaryl/α,β-unsaturated/α-hetero) is 1. The first-order chi connectivity index (χ1) is 60.3. The van der Waals surface area contributed by atoms with Gasteiger partial charge in [0, 0.05) is 190 Å². The first-order valence-electron chi connectivity index (χ1n) is 38.9. The summed E-state index contributed by atoms with van der Waals surface area (Å²) in [5.74, 6) is 1.76. The number of fused-ring (bicyclic) bond motifs is 15. The Morgan fingerprint density at radius 3 is 1.26 bits per heavy atom. The van der Waals surface area contributed by atoms with Gasteiger partial charge in [-0.15, -0.1) is 0 Å². The van der Waals surface area contributed by atoms with Crippen molar-refractivity contribution in [2.24, 2.45) is 0 Å². The van der Waals surface area contributed by atoms with Crippen LogP contribution < -0.4 is 31.3 Å². The van der Waals surface area contributed by atoms with Gasteiger partial charge in [-0.2, -0.15) is 5.26 Å². The Labute approximate surface area is 718 Å². The SMILES string of the molecule is CC(=O)c1ccc2c(c1)nc(Nc1ccc(F)c(Cl)c1)c1ccncc12.CCc1ccc2c(c1)nc(Nc1ccccc1)c1ccncc12.CN(C)CCNc1nc2cc(C#N)ccc2c2cnccc12.COC(=O)c1ccc2c(c1)nc(Nc1ccc(F)c(Cl)c1)c1ccncc12.COc1cccc(Nc2nc3cc(C(=O)O)ccc3c3cnccc23)c1. The smallest absolute Gasteiger partial charge is 0.337 e. The first kappa shape index (κ1) is 83.4. The fourth-order valence-corrected chi connectivity index (χ4v) is 14.4. The number of methoxy groups -OCH3 is 2. The number of hydrogen-bond acceptors (Lipinski definition) is 22. The Morgan fingerprint density at radius 2 is 0.823 bits per heavy atom. The molecule has 0 atom stereocenters. The number of aryl methyl sites for hydroxylation is 1. The van der Waals surface area contributed by atoms with Crippen molar-refractivity contribution in [2.75, 3.05) is 68.0 Å². The number of aromatic carboxylic acids is 1. The molecule has 0 saturated carbocycles. The molecule has 0 spiro atoms. The topological polar surface area (TPSA) is 306 Å². The zero-order chi connectivity index (χ0) is 86.5. The Hall–Kier alpha value is -15.6. The van der Waals surface area contributed by atoms with E-state index >= 15 is 0 Å². The maximum Gasteiger partial charge on any atom is 0.337 e. The number of para-hydroxylation sites is 1. The quantitative estimate of drug-likeness (QED) is 0.0280. The number of anilines is 9. The van der Waals surface area contributed by atoms with E-state index in [1.54, 1.807) is 105 Å². The molecule has 0 radical (unpaired) electrons. The van der Waals surface area contributed by atoms with Crippen LogP contribution in [-0.4, -0.2) is 119 Å². The molecule has 0 aliphatic rings. The van der Waals surface area contributed by atoms with Gasteiger partial charge >= 0.3 is 11.9 Å². The highest BCUT2D eigenvalue weighted by Crippen LogP contribution is 2.38. The molecule has 0 fully saturated rings. The number of aromatic nitrogens is 10. The summed E-state index contributed by atoms with van der Waals surface area (Å²) in [4.78, 5) is 81.6. The van der Waals surface area contributed by atoms with Crippen LogP contribution in [0.4, 0.5) is 60.6 Å². The lowest BCUT2D eigenvalue weighted by Crippen LogP contribution is -2.21. The number of rotatable bonds is 17. The summed E-state index contributed by atoms with van der Waals surface area (Å²) in [7, 11) is 7.02. The lowest BCUT2D eigenvalue weighted by Gasteiger charge is -2.13. The number of nitrogens with zero attached hydrogens (tertiary/aromatic N) is 12. The predicted octanol–water partition coefficient (Wildman–Crippen LogP) is 22.6. The molecule has 0 saturated heterocycles. The summed E-state index contributed by atoms with van der Waals surface area (Å²) >= 11 is 11.7. The number of esters is 1. The van der Waals surface area contributed by atoms with E-state index in [2.05, 4.69) is 103 Å². The van der Waals surface area contributed by atoms with E-state index in [1.165, 1.54) is 43.9 Å². The van der Waals surface area contributed by atoms with Crippen LogP contribution >= 0.6 is 23.2 Å². The highest BCUT2D eigenvalue weighted by atomic mass is 35.5. The third kappa shape index (κ3) is 18.8. The highest BCUT2D eigenvalue weighted by Gasteiger charge is 2.19. The van der Waals surface area contributed by atoms with Crippen molar-refractivity contribution in [1.82, 2.24) is 54.7 Å². The molecule has 0 unspecified atom stereocenters. The van der Waals surface area contributed by atoms with Gasteiger partial charge in [-0.25, -0.2) is 43.3 Å². The molecule has 0 aliphatic carbocycles. The zero-order valence-corrected chi connectivity index (χ0v) is 69.0. The average molecular weight is 1680 g/mol. The molecule has 612 valence electrons. The summed E-state index contributed by atoms with van der Waals surface area (Å²) in [6, 6.07) is 65.7. The molecule has 124 heavy (non-hydrogen) atoms. The average Bonchev–Trinajstić information content (AvgIpc) is 0.781. The van der Waals surface area contributed by atoms with Crippen LogP contribution in [0.2, 0.25) is 10.0 Å².